The minimum atomic E-state index is -0.119. The molecule has 1 aromatic rings. The Kier molecular flexibility index (Phi) is 4.55. The van der Waals surface area contributed by atoms with Crippen LogP contribution in [0.5, 0.6) is 5.75 Å². The van der Waals surface area contributed by atoms with Crippen LogP contribution in [-0.4, -0.2) is 41.9 Å². The number of methoxy groups -OCH3 is 1. The van der Waals surface area contributed by atoms with Crippen molar-refractivity contribution in [2.24, 2.45) is 0 Å². The smallest absolute Gasteiger partial charge is 0.257 e. The molecule has 0 radical (unpaired) electrons. The summed E-state index contributed by atoms with van der Waals surface area (Å²) < 4.78 is 5.08. The van der Waals surface area contributed by atoms with E-state index in [1.54, 1.807) is 24.2 Å². The second-order valence-corrected chi connectivity index (χ2v) is 4.29. The molecule has 0 bridgehead atoms. The maximum atomic E-state index is 12.0. The molecule has 5 heteroatoms. The van der Waals surface area contributed by atoms with Crippen LogP contribution < -0.4 is 4.74 Å². The van der Waals surface area contributed by atoms with Crippen molar-refractivity contribution < 1.29 is 9.53 Å². The lowest BCUT2D eigenvalue weighted by molar-refractivity contribution is 0.0792. The first-order chi connectivity index (χ1) is 7.56. The number of amides is 1. The summed E-state index contributed by atoms with van der Waals surface area (Å²) in [7, 11) is 3.22. The highest BCUT2D eigenvalue weighted by molar-refractivity contribution is 6.20. The highest BCUT2D eigenvalue weighted by Gasteiger charge is 2.17. The van der Waals surface area contributed by atoms with Crippen LogP contribution in [0, 0.1) is 0 Å². The molecule has 1 rings (SSSR count). The minimum absolute atomic E-state index is 0.0817. The summed E-state index contributed by atoms with van der Waals surface area (Å²) in [6, 6.07) is 1.64. The Labute approximate surface area is 100 Å². The number of ether oxygens (including phenoxy) is 1. The third-order valence-electron chi connectivity index (χ3n) is 2.11. The number of hydrogen-bond donors (Lipinski definition) is 0. The largest absolute Gasteiger partial charge is 0.494 e. The first kappa shape index (κ1) is 12.8. The van der Waals surface area contributed by atoms with Crippen molar-refractivity contribution >= 4 is 17.5 Å². The Hall–Kier alpha value is -1.29. The first-order valence-electron chi connectivity index (χ1n) is 4.93. The molecule has 0 fully saturated rings. The van der Waals surface area contributed by atoms with E-state index in [9.17, 15) is 4.79 Å². The van der Waals surface area contributed by atoms with Crippen LogP contribution in [0.1, 0.15) is 17.3 Å². The van der Waals surface area contributed by atoms with Gasteiger partial charge in [-0.25, -0.2) is 0 Å². The fraction of sp³-hybridized carbons (Fsp3) is 0.455. The molecule has 0 aliphatic rings. The second-order valence-electron chi connectivity index (χ2n) is 3.54. The predicted octanol–water partition coefficient (Wildman–Crippen LogP) is 1.79. The molecule has 0 aromatic carbocycles. The van der Waals surface area contributed by atoms with Gasteiger partial charge in [-0.3, -0.25) is 9.78 Å². The van der Waals surface area contributed by atoms with Crippen molar-refractivity contribution in [3.05, 3.63) is 24.0 Å². The summed E-state index contributed by atoms with van der Waals surface area (Å²) in [6.45, 7) is 2.33. The molecule has 1 atom stereocenters. The van der Waals surface area contributed by atoms with Crippen molar-refractivity contribution in [1.82, 2.24) is 9.88 Å². The van der Waals surface area contributed by atoms with Crippen LogP contribution in [0.25, 0.3) is 0 Å². The molecule has 1 aromatic heterocycles. The quantitative estimate of drug-likeness (QED) is 0.756. The summed E-state index contributed by atoms with van der Waals surface area (Å²) in [4.78, 5) is 17.5. The zero-order chi connectivity index (χ0) is 12.1. The maximum absolute atomic E-state index is 12.0. The zero-order valence-corrected chi connectivity index (χ0v) is 10.4. The fourth-order valence-electron chi connectivity index (χ4n) is 1.39. The third-order valence-corrected chi connectivity index (χ3v) is 2.24. The van der Waals surface area contributed by atoms with Crippen molar-refractivity contribution in [2.75, 3.05) is 20.7 Å². The highest BCUT2D eigenvalue weighted by Crippen LogP contribution is 2.17. The van der Waals surface area contributed by atoms with Gasteiger partial charge < -0.3 is 9.64 Å². The van der Waals surface area contributed by atoms with Gasteiger partial charge in [0.05, 0.1) is 18.9 Å². The van der Waals surface area contributed by atoms with E-state index < -0.39 is 0 Å². The lowest BCUT2D eigenvalue weighted by Gasteiger charge is -2.19. The summed E-state index contributed by atoms with van der Waals surface area (Å²) in [5, 5.41) is -0.0817. The normalized spacial score (nSPS) is 12.0. The van der Waals surface area contributed by atoms with Gasteiger partial charge >= 0.3 is 0 Å². The topological polar surface area (TPSA) is 42.4 Å². The van der Waals surface area contributed by atoms with Gasteiger partial charge in [-0.15, -0.1) is 11.6 Å². The number of halogens is 1. The lowest BCUT2D eigenvalue weighted by atomic mass is 10.2. The van der Waals surface area contributed by atoms with Crippen molar-refractivity contribution in [3.63, 3.8) is 0 Å². The molecular formula is C11H15ClN2O2. The van der Waals surface area contributed by atoms with E-state index in [2.05, 4.69) is 4.98 Å². The Morgan fingerprint density at radius 1 is 1.69 bits per heavy atom. The van der Waals surface area contributed by atoms with Crippen LogP contribution in [0.3, 0.4) is 0 Å². The molecular weight excluding hydrogens is 228 g/mol. The van der Waals surface area contributed by atoms with Crippen molar-refractivity contribution in [2.45, 2.75) is 12.3 Å². The Bertz CT molecular complexity index is 369. The van der Waals surface area contributed by atoms with Crippen molar-refractivity contribution in [1.29, 1.82) is 0 Å². The van der Waals surface area contributed by atoms with E-state index in [1.807, 2.05) is 6.92 Å². The second kappa shape index (κ2) is 5.70. The summed E-state index contributed by atoms with van der Waals surface area (Å²) in [6.07, 6.45) is 3.08. The van der Waals surface area contributed by atoms with Crippen LogP contribution in [0.15, 0.2) is 18.5 Å². The van der Waals surface area contributed by atoms with Crippen molar-refractivity contribution in [3.8, 4) is 5.75 Å². The van der Waals surface area contributed by atoms with Crippen LogP contribution in [0.4, 0.5) is 0 Å². The molecule has 1 heterocycles. The first-order valence-corrected chi connectivity index (χ1v) is 5.37. The van der Waals surface area contributed by atoms with Gasteiger partial charge in [-0.1, -0.05) is 0 Å². The Morgan fingerprint density at radius 2 is 2.38 bits per heavy atom. The van der Waals surface area contributed by atoms with Gasteiger partial charge in [-0.05, 0) is 13.0 Å². The van der Waals surface area contributed by atoms with Gasteiger partial charge in [-0.2, -0.15) is 0 Å². The monoisotopic (exact) mass is 242 g/mol. The van der Waals surface area contributed by atoms with Gasteiger partial charge in [0.25, 0.3) is 5.91 Å². The van der Waals surface area contributed by atoms with E-state index in [0.717, 1.165) is 0 Å². The van der Waals surface area contributed by atoms with Gasteiger partial charge in [0.2, 0.25) is 0 Å². The predicted molar refractivity (Wildman–Crippen MR) is 63.1 cm³/mol. The molecule has 0 spiro atoms. The number of hydrogen-bond acceptors (Lipinski definition) is 3. The Morgan fingerprint density at radius 3 is 2.94 bits per heavy atom. The zero-order valence-electron chi connectivity index (χ0n) is 9.61. The van der Waals surface area contributed by atoms with E-state index in [0.29, 0.717) is 17.9 Å². The number of alkyl halides is 1. The molecule has 1 unspecified atom stereocenters. The molecule has 0 saturated heterocycles. The number of pyridine rings is 1. The molecule has 1 amide bonds. The average Bonchev–Trinajstić information content (AvgIpc) is 2.27. The SMILES string of the molecule is COc1cnccc1C(=O)N(C)CC(C)Cl. The van der Waals surface area contributed by atoms with Gasteiger partial charge in [0.1, 0.15) is 5.75 Å². The molecule has 0 aliphatic heterocycles. The summed E-state index contributed by atoms with van der Waals surface area (Å²) in [5.41, 5.74) is 0.498. The molecule has 0 N–H and O–H groups in total. The number of carbonyl (C=O) groups excluding carboxylic acids is 1. The lowest BCUT2D eigenvalue weighted by Crippen LogP contribution is -2.31. The van der Waals surface area contributed by atoms with E-state index in [1.165, 1.54) is 13.3 Å². The van der Waals surface area contributed by atoms with Crippen LogP contribution >= 0.6 is 11.6 Å². The number of nitrogens with zero attached hydrogens (tertiary/aromatic N) is 2. The fourth-order valence-corrected chi connectivity index (χ4v) is 1.59. The molecule has 0 saturated carbocycles. The van der Waals surface area contributed by atoms with Gasteiger partial charge in [0, 0.05) is 25.2 Å². The average molecular weight is 243 g/mol. The van der Waals surface area contributed by atoms with Crippen LogP contribution in [-0.2, 0) is 0 Å². The summed E-state index contributed by atoms with van der Waals surface area (Å²) in [5.74, 6) is 0.355. The van der Waals surface area contributed by atoms with E-state index >= 15 is 0 Å². The Balaban J connectivity index is 2.87. The molecule has 0 aliphatic carbocycles. The molecule has 4 nitrogen and oxygen atoms in total. The minimum Gasteiger partial charge on any atom is -0.494 e. The summed E-state index contributed by atoms with van der Waals surface area (Å²) >= 11 is 5.84. The standard InChI is InChI=1S/C11H15ClN2O2/c1-8(12)7-14(2)11(15)9-4-5-13-6-10(9)16-3/h4-6,8H,7H2,1-3H3. The number of carbonyl (C=O) groups is 1. The number of aromatic nitrogens is 1. The van der Waals surface area contributed by atoms with Gasteiger partial charge in [0.15, 0.2) is 0 Å². The third kappa shape index (κ3) is 3.10. The molecule has 88 valence electrons. The highest BCUT2D eigenvalue weighted by atomic mass is 35.5. The van der Waals surface area contributed by atoms with E-state index in [4.69, 9.17) is 16.3 Å². The van der Waals surface area contributed by atoms with E-state index in [-0.39, 0.29) is 11.3 Å². The molecule has 16 heavy (non-hydrogen) atoms. The number of rotatable bonds is 4. The van der Waals surface area contributed by atoms with Crippen LogP contribution in [0.2, 0.25) is 0 Å². The maximum Gasteiger partial charge on any atom is 0.257 e.